The van der Waals surface area contributed by atoms with E-state index in [2.05, 4.69) is 22.1 Å². The van der Waals surface area contributed by atoms with E-state index >= 15 is 0 Å². The highest BCUT2D eigenvalue weighted by atomic mass is 32.1. The average Bonchev–Trinajstić information content (AvgIpc) is 2.87. The highest BCUT2D eigenvalue weighted by Gasteiger charge is 2.11. The Balaban J connectivity index is 2.00. The molecule has 0 aromatic carbocycles. The lowest BCUT2D eigenvalue weighted by atomic mass is 10.2. The lowest BCUT2D eigenvalue weighted by molar-refractivity contribution is 0.0955. The van der Waals surface area contributed by atoms with Crippen molar-refractivity contribution in [1.82, 2.24) is 10.3 Å². The van der Waals surface area contributed by atoms with Gasteiger partial charge in [-0.05, 0) is 36.2 Å². The van der Waals surface area contributed by atoms with Crippen LogP contribution in [0.1, 0.15) is 32.1 Å². The molecular weight excluding hydrogens is 284 g/mol. The number of amides is 1. The first-order valence-electron chi connectivity index (χ1n) is 6.58. The smallest absolute Gasteiger partial charge is 0.261 e. The molecule has 1 amide bonds. The van der Waals surface area contributed by atoms with Crippen LogP contribution in [0.3, 0.4) is 0 Å². The number of aromatic nitrogens is 1. The Morgan fingerprint density at radius 1 is 1.43 bits per heavy atom. The first kappa shape index (κ1) is 15.2. The molecule has 2 N–H and O–H groups in total. The summed E-state index contributed by atoms with van der Waals surface area (Å²) in [6.07, 6.45) is 3.85. The summed E-state index contributed by atoms with van der Waals surface area (Å²) in [5, 5.41) is 11.6. The number of carbonyl (C=O) groups is 1. The second kappa shape index (κ2) is 7.58. The number of nitrogens with one attached hydrogen (secondary N) is 1. The van der Waals surface area contributed by atoms with Crippen LogP contribution < -0.4 is 5.32 Å². The van der Waals surface area contributed by atoms with Crippen molar-refractivity contribution in [1.29, 1.82) is 0 Å². The predicted octanol–water partition coefficient (Wildman–Crippen LogP) is 2.12. The summed E-state index contributed by atoms with van der Waals surface area (Å²) >= 11 is 1.37. The van der Waals surface area contributed by atoms with Crippen LogP contribution in [0.25, 0.3) is 0 Å². The maximum absolute atomic E-state index is 12.1. The number of aliphatic hydroxyl groups excluding tert-OH is 1. The number of hydrogen-bond acceptors (Lipinski definition) is 4. The molecule has 4 nitrogen and oxygen atoms in total. The zero-order chi connectivity index (χ0) is 15.1. The van der Waals surface area contributed by atoms with E-state index in [0.29, 0.717) is 17.8 Å². The largest absolute Gasteiger partial charge is 0.395 e. The third kappa shape index (κ3) is 4.42. The van der Waals surface area contributed by atoms with Crippen LogP contribution in [0.2, 0.25) is 0 Å². The molecule has 0 aliphatic rings. The van der Waals surface area contributed by atoms with Crippen LogP contribution >= 0.6 is 11.3 Å². The van der Waals surface area contributed by atoms with Gasteiger partial charge in [0.15, 0.2) is 0 Å². The molecule has 0 saturated carbocycles. The monoisotopic (exact) mass is 300 g/mol. The topological polar surface area (TPSA) is 62.2 Å². The lowest BCUT2D eigenvalue weighted by Gasteiger charge is -2.02. The minimum atomic E-state index is -0.102. The third-order valence-corrected chi connectivity index (χ3v) is 3.93. The lowest BCUT2D eigenvalue weighted by Crippen LogP contribution is -2.21. The molecule has 21 heavy (non-hydrogen) atoms. The van der Waals surface area contributed by atoms with Crippen molar-refractivity contribution in [2.45, 2.75) is 19.9 Å². The predicted molar refractivity (Wildman–Crippen MR) is 83.0 cm³/mol. The molecule has 0 atom stereocenters. The van der Waals surface area contributed by atoms with Gasteiger partial charge in [-0.25, -0.2) is 0 Å². The summed E-state index contributed by atoms with van der Waals surface area (Å²) in [4.78, 5) is 17.6. The first-order valence-corrected chi connectivity index (χ1v) is 7.39. The Bertz CT molecular complexity index is 669. The van der Waals surface area contributed by atoms with Gasteiger partial charge in [0.25, 0.3) is 5.91 Å². The molecular formula is C16H16N2O2S. The summed E-state index contributed by atoms with van der Waals surface area (Å²) in [5.41, 5.74) is 1.99. The Morgan fingerprint density at radius 3 is 2.90 bits per heavy atom. The molecule has 2 aromatic rings. The molecule has 0 radical (unpaired) electrons. The minimum absolute atomic E-state index is 0.0523. The average molecular weight is 300 g/mol. The minimum Gasteiger partial charge on any atom is -0.395 e. The number of hydrogen-bond donors (Lipinski definition) is 2. The Morgan fingerprint density at radius 2 is 2.19 bits per heavy atom. The maximum atomic E-state index is 12.1. The van der Waals surface area contributed by atoms with Gasteiger partial charge in [0.1, 0.15) is 0 Å². The number of carbonyl (C=O) groups excluding carboxylic acids is 1. The van der Waals surface area contributed by atoms with Crippen LogP contribution in [0.5, 0.6) is 0 Å². The fraction of sp³-hybridized carbons (Fsp3) is 0.250. The fourth-order valence-electron chi connectivity index (χ4n) is 1.69. The molecule has 108 valence electrons. The van der Waals surface area contributed by atoms with Gasteiger partial charge in [-0.2, -0.15) is 0 Å². The van der Waals surface area contributed by atoms with Gasteiger partial charge in [0.2, 0.25) is 0 Å². The number of thiophene rings is 1. The molecule has 2 rings (SSSR count). The quantitative estimate of drug-likeness (QED) is 0.850. The van der Waals surface area contributed by atoms with Crippen LogP contribution in [0.4, 0.5) is 0 Å². The number of aryl methyl sites for hydroxylation is 1. The van der Waals surface area contributed by atoms with E-state index in [1.165, 1.54) is 11.3 Å². The van der Waals surface area contributed by atoms with Gasteiger partial charge in [-0.1, -0.05) is 11.8 Å². The molecule has 0 aliphatic heterocycles. The van der Waals surface area contributed by atoms with E-state index in [0.717, 1.165) is 16.0 Å². The summed E-state index contributed by atoms with van der Waals surface area (Å²) in [6.45, 7) is 2.46. The zero-order valence-electron chi connectivity index (χ0n) is 11.7. The van der Waals surface area contributed by atoms with Gasteiger partial charge in [-0.15, -0.1) is 11.3 Å². The Labute approximate surface area is 127 Å². The van der Waals surface area contributed by atoms with Crippen molar-refractivity contribution in [3.8, 4) is 11.8 Å². The van der Waals surface area contributed by atoms with Gasteiger partial charge in [-0.3, -0.25) is 9.78 Å². The molecule has 5 heteroatoms. The molecule has 2 heterocycles. The van der Waals surface area contributed by atoms with Crippen molar-refractivity contribution in [3.63, 3.8) is 0 Å². The molecule has 0 bridgehead atoms. The van der Waals surface area contributed by atoms with E-state index in [4.69, 9.17) is 5.11 Å². The highest BCUT2D eigenvalue weighted by molar-refractivity contribution is 7.14. The van der Waals surface area contributed by atoms with Gasteiger partial charge >= 0.3 is 0 Å². The number of aliphatic hydroxyl groups is 1. The van der Waals surface area contributed by atoms with E-state index in [1.54, 1.807) is 12.4 Å². The van der Waals surface area contributed by atoms with Crippen molar-refractivity contribution < 1.29 is 9.90 Å². The normalized spacial score (nSPS) is 9.81. The van der Waals surface area contributed by atoms with Gasteiger partial charge in [0.05, 0.1) is 16.4 Å². The highest BCUT2D eigenvalue weighted by Crippen LogP contribution is 2.21. The summed E-state index contributed by atoms with van der Waals surface area (Å²) < 4.78 is 0. The molecule has 0 spiro atoms. The molecule has 0 fully saturated rings. The first-order chi connectivity index (χ1) is 10.2. The third-order valence-electron chi connectivity index (χ3n) is 2.78. The molecule has 0 unspecified atom stereocenters. The second-order valence-corrected chi connectivity index (χ2v) is 5.49. The Hall–Kier alpha value is -2.16. The SMILES string of the molecule is Cc1cc(C(=O)NCc2ccncc2)sc1C#CCCO. The number of nitrogens with zero attached hydrogens (tertiary/aromatic N) is 1. The van der Waals surface area contributed by atoms with E-state index in [-0.39, 0.29) is 12.5 Å². The number of rotatable bonds is 4. The molecule has 0 saturated heterocycles. The Kier molecular flexibility index (Phi) is 5.50. The standard InChI is InChI=1S/C16H16N2O2S/c1-12-10-15(21-14(12)4-2-3-9-19)16(20)18-11-13-5-7-17-8-6-13/h5-8,10,19H,3,9,11H2,1H3,(H,18,20). The van der Waals surface area contributed by atoms with Crippen LogP contribution in [-0.2, 0) is 6.54 Å². The summed E-state index contributed by atoms with van der Waals surface area (Å²) in [7, 11) is 0. The second-order valence-electron chi connectivity index (χ2n) is 4.44. The van der Waals surface area contributed by atoms with Crippen molar-refractivity contribution >= 4 is 17.2 Å². The van der Waals surface area contributed by atoms with Crippen LogP contribution in [-0.4, -0.2) is 22.6 Å². The van der Waals surface area contributed by atoms with E-state index in [9.17, 15) is 4.79 Å². The van der Waals surface area contributed by atoms with Crippen LogP contribution in [0.15, 0.2) is 30.6 Å². The molecule has 2 aromatic heterocycles. The zero-order valence-corrected chi connectivity index (χ0v) is 12.5. The molecule has 0 aliphatic carbocycles. The summed E-state index contributed by atoms with van der Waals surface area (Å²) in [6, 6.07) is 5.58. The van der Waals surface area contributed by atoms with Gasteiger partial charge < -0.3 is 10.4 Å². The fourth-order valence-corrected chi connectivity index (χ4v) is 2.65. The van der Waals surface area contributed by atoms with Crippen molar-refractivity contribution in [2.24, 2.45) is 0 Å². The number of pyridine rings is 1. The maximum Gasteiger partial charge on any atom is 0.261 e. The summed E-state index contributed by atoms with van der Waals surface area (Å²) in [5.74, 6) is 5.76. The van der Waals surface area contributed by atoms with Gasteiger partial charge in [0, 0.05) is 25.4 Å². The van der Waals surface area contributed by atoms with Crippen LogP contribution in [0, 0.1) is 18.8 Å². The van der Waals surface area contributed by atoms with Crippen molar-refractivity contribution in [3.05, 3.63) is 51.5 Å². The van der Waals surface area contributed by atoms with Crippen molar-refractivity contribution in [2.75, 3.05) is 6.61 Å². The van der Waals surface area contributed by atoms with E-state index < -0.39 is 0 Å². The van der Waals surface area contributed by atoms with E-state index in [1.807, 2.05) is 25.1 Å².